The summed E-state index contributed by atoms with van der Waals surface area (Å²) in [5, 5.41) is 16.2. The van der Waals surface area contributed by atoms with Gasteiger partial charge in [-0.25, -0.2) is 29.6 Å². The van der Waals surface area contributed by atoms with E-state index in [9.17, 15) is 19.6 Å². The highest BCUT2D eigenvalue weighted by Crippen LogP contribution is 2.38. The Morgan fingerprint density at radius 3 is 2.63 bits per heavy atom. The average molecular weight is 710 g/mol. The normalized spacial score (nSPS) is 18.5. The van der Waals surface area contributed by atoms with Crippen molar-refractivity contribution in [3.63, 3.8) is 0 Å². The van der Waals surface area contributed by atoms with Crippen LogP contribution in [0.1, 0.15) is 49.4 Å². The maximum absolute atomic E-state index is 13.5. The summed E-state index contributed by atoms with van der Waals surface area (Å²) in [4.78, 5) is 64.8. The third-order valence-corrected chi connectivity index (χ3v) is 10.1. The van der Waals surface area contributed by atoms with Crippen molar-refractivity contribution in [3.8, 4) is 28.8 Å². The predicted octanol–water partition coefficient (Wildman–Crippen LogP) is 4.44. The van der Waals surface area contributed by atoms with E-state index < -0.39 is 18.2 Å². The lowest BCUT2D eigenvalue weighted by atomic mass is 10.1. The van der Waals surface area contributed by atoms with E-state index in [2.05, 4.69) is 20.2 Å². The van der Waals surface area contributed by atoms with Crippen molar-refractivity contribution in [1.82, 2.24) is 35.0 Å². The fourth-order valence-corrected chi connectivity index (χ4v) is 7.20. The van der Waals surface area contributed by atoms with E-state index in [1.54, 1.807) is 29.0 Å². The van der Waals surface area contributed by atoms with Crippen LogP contribution in [0.25, 0.3) is 22.8 Å². The van der Waals surface area contributed by atoms with Crippen LogP contribution in [-0.4, -0.2) is 97.8 Å². The first-order valence-electron chi connectivity index (χ1n) is 16.9. The Bertz CT molecular complexity index is 2050. The van der Waals surface area contributed by atoms with E-state index in [-0.39, 0.29) is 28.9 Å². The number of pyridine rings is 1. The maximum Gasteiger partial charge on any atom is 0.332 e. The number of likely N-dealkylation sites (N-methyl/N-ethyl adjacent to an activating group) is 1. The molecule has 3 aromatic heterocycles. The van der Waals surface area contributed by atoms with Gasteiger partial charge in [-0.05, 0) is 76.3 Å². The van der Waals surface area contributed by atoms with Crippen LogP contribution in [0, 0.1) is 25.2 Å². The second kappa shape index (κ2) is 14.0. The molecule has 3 aliphatic heterocycles. The monoisotopic (exact) mass is 709 g/mol. The lowest BCUT2D eigenvalue weighted by Crippen LogP contribution is -2.47. The topological polar surface area (TPSA) is 177 Å². The smallest absolute Gasteiger partial charge is 0.332 e. The minimum Gasteiger partial charge on any atom is -0.375 e. The summed E-state index contributed by atoms with van der Waals surface area (Å²) in [6.45, 7) is 7.67. The Balaban J connectivity index is 0.951. The fraction of sp³-hybridized carbons (Fsp3) is 0.400. The number of halogens is 1. The third kappa shape index (κ3) is 6.14. The number of nitrogens with one attached hydrogen (secondary N) is 1. The summed E-state index contributed by atoms with van der Waals surface area (Å²) in [5.41, 5.74) is 4.03. The number of amides is 4. The first-order valence-corrected chi connectivity index (χ1v) is 17.3. The Kier molecular flexibility index (Phi) is 9.37. The summed E-state index contributed by atoms with van der Waals surface area (Å²) < 4.78 is 6.18. The number of nitrogens with zero attached hydrogens (tertiary/aromatic N) is 10. The van der Waals surface area contributed by atoms with E-state index >= 15 is 0 Å². The molecule has 1 N–H and O–H groups in total. The predicted molar refractivity (Wildman–Crippen MR) is 188 cm³/mol. The molecule has 4 aromatic rings. The molecule has 0 radical (unpaired) electrons. The van der Waals surface area contributed by atoms with Crippen molar-refractivity contribution in [1.29, 1.82) is 5.26 Å². The number of hydrogen-bond acceptors (Lipinski definition) is 11. The van der Waals surface area contributed by atoms with Gasteiger partial charge in [0.2, 0.25) is 5.91 Å². The molecule has 2 fully saturated rings. The Morgan fingerprint density at radius 2 is 1.88 bits per heavy atom. The van der Waals surface area contributed by atoms with Crippen LogP contribution in [0.2, 0.25) is 5.02 Å². The summed E-state index contributed by atoms with van der Waals surface area (Å²) in [6, 6.07) is 7.80. The first-order chi connectivity index (χ1) is 24.7. The number of anilines is 3. The molecule has 4 amide bonds. The fourth-order valence-electron chi connectivity index (χ4n) is 6.99. The molecular formula is C35H36ClN11O4. The number of fused-ring (bicyclic) bond motifs is 2. The van der Waals surface area contributed by atoms with Gasteiger partial charge in [0.1, 0.15) is 24.1 Å². The van der Waals surface area contributed by atoms with Crippen LogP contribution >= 0.6 is 11.6 Å². The van der Waals surface area contributed by atoms with Gasteiger partial charge in [-0.15, -0.1) is 0 Å². The van der Waals surface area contributed by atoms with Gasteiger partial charge in [0, 0.05) is 37.5 Å². The van der Waals surface area contributed by atoms with E-state index in [0.29, 0.717) is 72.8 Å². The summed E-state index contributed by atoms with van der Waals surface area (Å²) in [5.74, 6) is 1.39. The number of aromatic amines is 1. The number of ether oxygens (including phenoxy) is 1. The molecule has 2 atom stereocenters. The number of carbonyl (C=O) groups is 3. The van der Waals surface area contributed by atoms with Gasteiger partial charge in [-0.1, -0.05) is 11.6 Å². The third-order valence-electron chi connectivity index (χ3n) is 9.63. The number of imide groups is 1. The quantitative estimate of drug-likeness (QED) is 0.172. The Morgan fingerprint density at radius 1 is 1.04 bits per heavy atom. The first kappa shape index (κ1) is 34.0. The largest absolute Gasteiger partial charge is 0.375 e. The number of nitriles is 1. The van der Waals surface area contributed by atoms with Crippen molar-refractivity contribution in [2.24, 2.45) is 0 Å². The number of aromatic nitrogens is 6. The molecule has 3 aliphatic rings. The molecule has 16 heteroatoms. The summed E-state index contributed by atoms with van der Waals surface area (Å²) in [6.07, 6.45) is 5.69. The number of aryl methyl sites for hydroxylation is 1. The second-order valence-electron chi connectivity index (χ2n) is 12.7. The lowest BCUT2D eigenvalue weighted by Gasteiger charge is -2.35. The molecule has 6 heterocycles. The number of urea groups is 1. The summed E-state index contributed by atoms with van der Waals surface area (Å²) in [7, 11) is 0. The molecule has 0 spiro atoms. The van der Waals surface area contributed by atoms with Gasteiger partial charge in [-0.3, -0.25) is 19.6 Å². The van der Waals surface area contributed by atoms with Crippen LogP contribution < -0.4 is 14.7 Å². The van der Waals surface area contributed by atoms with Crippen molar-refractivity contribution in [2.45, 2.75) is 58.6 Å². The molecule has 0 bridgehead atoms. The molecule has 262 valence electrons. The van der Waals surface area contributed by atoms with Crippen LogP contribution in [0.4, 0.5) is 22.1 Å². The molecule has 1 aromatic carbocycles. The highest BCUT2D eigenvalue weighted by molar-refractivity contribution is 6.33. The minimum absolute atomic E-state index is 0.0376. The number of rotatable bonds is 11. The maximum atomic E-state index is 13.5. The van der Waals surface area contributed by atoms with Gasteiger partial charge in [0.25, 0.3) is 5.91 Å². The zero-order chi connectivity index (χ0) is 35.8. The van der Waals surface area contributed by atoms with Crippen LogP contribution in [0.15, 0.2) is 36.8 Å². The highest BCUT2D eigenvalue weighted by Gasteiger charge is 2.53. The number of carbonyl (C=O) groups excluding carboxylic acids is 3. The standard InChI is InChI=1S/C35H36ClN11O4/c1-4-45-28(48)18-44(32-33(45)42-25(17-38-32)23-9-10-24(41-21(23)3)31-39-19-40-43-31)13-6-5-7-15-51-27-12-14-46-30(27)34(49)47(35(46)50)26-11-8-22(16-37)29(36)20(26)2/h8-11,17,19,27,30H,4-7,12-15,18H2,1-3H3,(H,39,40,43)/t27-,30+/m1/s1. The van der Waals surface area contributed by atoms with E-state index in [1.165, 1.54) is 12.4 Å². The van der Waals surface area contributed by atoms with Crippen molar-refractivity contribution >= 4 is 46.8 Å². The lowest BCUT2D eigenvalue weighted by molar-refractivity contribution is -0.122. The van der Waals surface area contributed by atoms with Gasteiger partial charge in [-0.2, -0.15) is 10.4 Å². The van der Waals surface area contributed by atoms with Crippen molar-refractivity contribution in [3.05, 3.63) is 58.6 Å². The number of hydrogen-bond donors (Lipinski definition) is 1. The highest BCUT2D eigenvalue weighted by atomic mass is 35.5. The van der Waals surface area contributed by atoms with Crippen molar-refractivity contribution < 1.29 is 19.1 Å². The van der Waals surface area contributed by atoms with Crippen molar-refractivity contribution in [2.75, 3.05) is 47.5 Å². The van der Waals surface area contributed by atoms with Crippen LogP contribution in [0.3, 0.4) is 0 Å². The molecule has 0 unspecified atom stereocenters. The Labute approximate surface area is 299 Å². The minimum atomic E-state index is -0.696. The van der Waals surface area contributed by atoms with Gasteiger partial charge in [0.15, 0.2) is 17.5 Å². The molecule has 15 nitrogen and oxygen atoms in total. The zero-order valence-corrected chi connectivity index (χ0v) is 29.2. The molecule has 7 rings (SSSR count). The van der Waals surface area contributed by atoms with E-state index in [0.717, 1.165) is 35.4 Å². The molecule has 0 saturated carbocycles. The number of unbranched alkanes of at least 4 members (excludes halogenated alkanes) is 2. The molecule has 0 aliphatic carbocycles. The van der Waals surface area contributed by atoms with Crippen LogP contribution in [0.5, 0.6) is 0 Å². The number of H-pyrrole nitrogens is 1. The van der Waals surface area contributed by atoms with Gasteiger partial charge in [0.05, 0.1) is 40.8 Å². The van der Waals surface area contributed by atoms with Gasteiger partial charge < -0.3 is 14.5 Å². The SMILES string of the molecule is CCN1C(=O)CN(CCCCCO[C@@H]2CCN3C(=O)N(c4ccc(C#N)c(Cl)c4C)C(=O)[C@H]23)c2ncc(-c3ccc(-c4ncn[nH]4)nc3C)nc21. The second-order valence-corrected chi connectivity index (χ2v) is 13.0. The summed E-state index contributed by atoms with van der Waals surface area (Å²) >= 11 is 6.33. The molecular weight excluding hydrogens is 674 g/mol. The Hall–Kier alpha value is -5.46. The zero-order valence-electron chi connectivity index (χ0n) is 28.5. The van der Waals surface area contributed by atoms with E-state index in [1.807, 2.05) is 36.9 Å². The van der Waals surface area contributed by atoms with Crippen LogP contribution in [-0.2, 0) is 14.3 Å². The van der Waals surface area contributed by atoms with Gasteiger partial charge >= 0.3 is 6.03 Å². The van der Waals surface area contributed by atoms with E-state index in [4.69, 9.17) is 26.3 Å². The molecule has 2 saturated heterocycles. The number of benzene rings is 1. The average Bonchev–Trinajstić information content (AvgIpc) is 3.87. The molecule has 51 heavy (non-hydrogen) atoms.